The molecule has 2 rings (SSSR count). The highest BCUT2D eigenvalue weighted by atomic mass is 16.5. The normalized spacial score (nSPS) is 12.4. The molecule has 0 spiro atoms. The molecule has 0 saturated heterocycles. The third-order valence-corrected chi connectivity index (χ3v) is 3.24. The maximum atomic E-state index is 12.2. The number of benzene rings is 1. The highest BCUT2D eigenvalue weighted by Gasteiger charge is 2.23. The fraction of sp³-hybridized carbons (Fsp3) is 0.467. The molecule has 22 heavy (non-hydrogen) atoms. The standard InChI is InChI=1S/C15H20N4O3/c1-10(2)8-12(15(21)22-3)16-14(20)9-19-13-7-5-4-6-11(13)17-18-19/h4-7,10,12H,8-9H2,1-3H3,(H,16,20). The van der Waals surface area contributed by atoms with E-state index in [2.05, 4.69) is 15.6 Å². The van der Waals surface area contributed by atoms with Gasteiger partial charge in [-0.15, -0.1) is 5.10 Å². The number of nitrogens with zero attached hydrogens (tertiary/aromatic N) is 3. The van der Waals surface area contributed by atoms with E-state index in [1.54, 1.807) is 0 Å². The van der Waals surface area contributed by atoms with E-state index in [-0.39, 0.29) is 18.4 Å². The lowest BCUT2D eigenvalue weighted by molar-refractivity contribution is -0.145. The van der Waals surface area contributed by atoms with Gasteiger partial charge in [0.05, 0.1) is 12.6 Å². The molecule has 0 aliphatic rings. The Morgan fingerprint density at radius 2 is 2.05 bits per heavy atom. The number of amides is 1. The molecule has 1 aromatic carbocycles. The molecule has 7 nitrogen and oxygen atoms in total. The Labute approximate surface area is 128 Å². The van der Waals surface area contributed by atoms with Crippen LogP contribution in [-0.4, -0.2) is 40.0 Å². The summed E-state index contributed by atoms with van der Waals surface area (Å²) < 4.78 is 6.24. The average Bonchev–Trinajstić information content (AvgIpc) is 2.88. The molecule has 1 heterocycles. The SMILES string of the molecule is COC(=O)C(CC(C)C)NC(=O)Cn1nnc2ccccc21. The average molecular weight is 304 g/mol. The summed E-state index contributed by atoms with van der Waals surface area (Å²) in [5, 5.41) is 10.6. The van der Waals surface area contributed by atoms with Crippen molar-refractivity contribution < 1.29 is 14.3 Å². The molecule has 0 saturated carbocycles. The number of fused-ring (bicyclic) bond motifs is 1. The number of aromatic nitrogens is 3. The van der Waals surface area contributed by atoms with Gasteiger partial charge in [-0.1, -0.05) is 31.2 Å². The van der Waals surface area contributed by atoms with E-state index in [4.69, 9.17) is 4.74 Å². The molecule has 7 heteroatoms. The minimum absolute atomic E-state index is 0.00605. The second-order valence-electron chi connectivity index (χ2n) is 5.51. The Morgan fingerprint density at radius 3 is 2.73 bits per heavy atom. The Morgan fingerprint density at radius 1 is 1.32 bits per heavy atom. The first kappa shape index (κ1) is 15.9. The first-order chi connectivity index (χ1) is 10.5. The van der Waals surface area contributed by atoms with Crippen LogP contribution in [0.25, 0.3) is 11.0 Å². The van der Waals surface area contributed by atoms with E-state index in [1.807, 2.05) is 38.1 Å². The van der Waals surface area contributed by atoms with Crippen LogP contribution in [0.15, 0.2) is 24.3 Å². The summed E-state index contributed by atoms with van der Waals surface area (Å²) in [6.07, 6.45) is 0.524. The quantitative estimate of drug-likeness (QED) is 0.809. The van der Waals surface area contributed by atoms with Crippen LogP contribution in [0.3, 0.4) is 0 Å². The molecule has 0 fully saturated rings. The lowest BCUT2D eigenvalue weighted by atomic mass is 10.0. The van der Waals surface area contributed by atoms with Crippen LogP contribution in [0, 0.1) is 5.92 Å². The van der Waals surface area contributed by atoms with Gasteiger partial charge in [0.2, 0.25) is 5.91 Å². The minimum atomic E-state index is -0.646. The topological polar surface area (TPSA) is 86.1 Å². The lowest BCUT2D eigenvalue weighted by Gasteiger charge is -2.18. The second kappa shape index (κ2) is 7.02. The Balaban J connectivity index is 2.06. The van der Waals surface area contributed by atoms with E-state index < -0.39 is 12.0 Å². The number of carbonyl (C=O) groups excluding carboxylic acids is 2. The fourth-order valence-electron chi connectivity index (χ4n) is 2.24. The van der Waals surface area contributed by atoms with Crippen molar-refractivity contribution in [1.29, 1.82) is 0 Å². The van der Waals surface area contributed by atoms with Gasteiger partial charge in [-0.3, -0.25) is 4.79 Å². The van der Waals surface area contributed by atoms with Crippen molar-refractivity contribution in [2.24, 2.45) is 5.92 Å². The van der Waals surface area contributed by atoms with Crippen LogP contribution in [0.4, 0.5) is 0 Å². The smallest absolute Gasteiger partial charge is 0.328 e. The van der Waals surface area contributed by atoms with Crippen molar-refractivity contribution in [3.8, 4) is 0 Å². The maximum absolute atomic E-state index is 12.2. The van der Waals surface area contributed by atoms with E-state index in [9.17, 15) is 9.59 Å². The molecular weight excluding hydrogens is 284 g/mol. The summed E-state index contributed by atoms with van der Waals surface area (Å²) in [4.78, 5) is 23.9. The monoisotopic (exact) mass is 304 g/mol. The van der Waals surface area contributed by atoms with Gasteiger partial charge in [0.25, 0.3) is 0 Å². The first-order valence-corrected chi connectivity index (χ1v) is 7.16. The maximum Gasteiger partial charge on any atom is 0.328 e. The summed E-state index contributed by atoms with van der Waals surface area (Å²) in [5.74, 6) is -0.478. The number of methoxy groups -OCH3 is 1. The molecule has 0 aliphatic heterocycles. The zero-order chi connectivity index (χ0) is 16.1. The van der Waals surface area contributed by atoms with Crippen molar-refractivity contribution in [2.75, 3.05) is 7.11 Å². The summed E-state index contributed by atoms with van der Waals surface area (Å²) in [6.45, 7) is 3.96. The van der Waals surface area contributed by atoms with Crippen LogP contribution in [-0.2, 0) is 20.9 Å². The second-order valence-corrected chi connectivity index (χ2v) is 5.51. The van der Waals surface area contributed by atoms with Crippen molar-refractivity contribution >= 4 is 22.9 Å². The Bertz CT molecular complexity index is 666. The van der Waals surface area contributed by atoms with Crippen molar-refractivity contribution in [1.82, 2.24) is 20.3 Å². The Hall–Kier alpha value is -2.44. The minimum Gasteiger partial charge on any atom is -0.467 e. The lowest BCUT2D eigenvalue weighted by Crippen LogP contribution is -2.43. The summed E-state index contributed by atoms with van der Waals surface area (Å²) in [5.41, 5.74) is 1.50. The van der Waals surface area contributed by atoms with E-state index in [0.29, 0.717) is 6.42 Å². The van der Waals surface area contributed by atoms with E-state index in [0.717, 1.165) is 11.0 Å². The van der Waals surface area contributed by atoms with Gasteiger partial charge in [-0.25, -0.2) is 9.48 Å². The predicted molar refractivity (Wildman–Crippen MR) is 80.9 cm³/mol. The summed E-state index contributed by atoms with van der Waals surface area (Å²) >= 11 is 0. The number of carbonyl (C=O) groups is 2. The summed E-state index contributed by atoms with van der Waals surface area (Å²) in [6, 6.07) is 6.74. The highest BCUT2D eigenvalue weighted by Crippen LogP contribution is 2.10. The zero-order valence-corrected chi connectivity index (χ0v) is 12.9. The van der Waals surface area contributed by atoms with Crippen LogP contribution in [0.2, 0.25) is 0 Å². The Kier molecular flexibility index (Phi) is 5.08. The summed E-state index contributed by atoms with van der Waals surface area (Å²) in [7, 11) is 1.31. The van der Waals surface area contributed by atoms with Crippen LogP contribution >= 0.6 is 0 Å². The molecule has 1 aromatic heterocycles. The number of esters is 1. The number of hydrogen-bond acceptors (Lipinski definition) is 5. The van der Waals surface area contributed by atoms with Gasteiger partial charge in [0, 0.05) is 0 Å². The van der Waals surface area contributed by atoms with Gasteiger partial charge < -0.3 is 10.1 Å². The van der Waals surface area contributed by atoms with Gasteiger partial charge in [-0.05, 0) is 24.5 Å². The van der Waals surface area contributed by atoms with Gasteiger partial charge >= 0.3 is 5.97 Å². The highest BCUT2D eigenvalue weighted by molar-refractivity contribution is 5.85. The van der Waals surface area contributed by atoms with Crippen LogP contribution < -0.4 is 5.32 Å². The fourth-order valence-corrected chi connectivity index (χ4v) is 2.24. The van der Waals surface area contributed by atoms with Crippen molar-refractivity contribution in [2.45, 2.75) is 32.9 Å². The molecular formula is C15H20N4O3. The first-order valence-electron chi connectivity index (χ1n) is 7.16. The van der Waals surface area contributed by atoms with Gasteiger partial charge in [-0.2, -0.15) is 0 Å². The molecule has 1 atom stereocenters. The molecule has 0 radical (unpaired) electrons. The van der Waals surface area contributed by atoms with Gasteiger partial charge in [0.1, 0.15) is 18.1 Å². The number of hydrogen-bond donors (Lipinski definition) is 1. The van der Waals surface area contributed by atoms with Crippen molar-refractivity contribution in [3.63, 3.8) is 0 Å². The third-order valence-electron chi connectivity index (χ3n) is 3.24. The van der Waals surface area contributed by atoms with E-state index in [1.165, 1.54) is 11.8 Å². The van der Waals surface area contributed by atoms with Gasteiger partial charge in [0.15, 0.2) is 0 Å². The molecule has 118 valence electrons. The zero-order valence-electron chi connectivity index (χ0n) is 12.9. The van der Waals surface area contributed by atoms with Crippen molar-refractivity contribution in [3.05, 3.63) is 24.3 Å². The molecule has 1 unspecified atom stereocenters. The molecule has 0 bridgehead atoms. The number of ether oxygens (including phenoxy) is 1. The molecule has 2 aromatic rings. The molecule has 1 N–H and O–H groups in total. The molecule has 1 amide bonds. The largest absolute Gasteiger partial charge is 0.467 e. The third kappa shape index (κ3) is 3.81. The van der Waals surface area contributed by atoms with Crippen LogP contribution in [0.1, 0.15) is 20.3 Å². The number of para-hydroxylation sites is 1. The number of nitrogens with one attached hydrogen (secondary N) is 1. The number of rotatable bonds is 6. The van der Waals surface area contributed by atoms with Crippen LogP contribution in [0.5, 0.6) is 0 Å². The molecule has 0 aliphatic carbocycles. The van der Waals surface area contributed by atoms with E-state index >= 15 is 0 Å². The predicted octanol–water partition coefficient (Wildman–Crippen LogP) is 1.14.